The Morgan fingerprint density at radius 3 is 0.683 bits per heavy atom. The van der Waals surface area contributed by atoms with Crippen molar-refractivity contribution in [1.29, 1.82) is 0 Å². The molecular formula is C41H84. The van der Waals surface area contributed by atoms with Crippen molar-refractivity contribution in [3.63, 3.8) is 0 Å². The monoisotopic (exact) mass is 577 g/mol. The van der Waals surface area contributed by atoms with Crippen LogP contribution in [0.4, 0.5) is 0 Å². The number of unbranched alkanes of at least 4 members (excludes halogenated alkanes) is 19. The minimum Gasteiger partial charge on any atom is -0.0654 e. The molecule has 0 aliphatic heterocycles. The van der Waals surface area contributed by atoms with Crippen molar-refractivity contribution in [3.05, 3.63) is 0 Å². The Morgan fingerprint density at radius 1 is 0.244 bits per heavy atom. The fraction of sp³-hybridized carbons (Fsp3) is 1.00. The Hall–Kier alpha value is 0. The summed E-state index contributed by atoms with van der Waals surface area (Å²) in [5, 5.41) is 0. The molecule has 0 heterocycles. The summed E-state index contributed by atoms with van der Waals surface area (Å²) in [4.78, 5) is 0. The molecule has 0 fully saturated rings. The highest BCUT2D eigenvalue weighted by Gasteiger charge is 2.06. The van der Waals surface area contributed by atoms with E-state index in [0.29, 0.717) is 0 Å². The van der Waals surface area contributed by atoms with Crippen molar-refractivity contribution < 1.29 is 0 Å². The Kier molecular flexibility index (Phi) is 32.9. The van der Waals surface area contributed by atoms with Gasteiger partial charge in [0.2, 0.25) is 0 Å². The van der Waals surface area contributed by atoms with E-state index >= 15 is 0 Å². The van der Waals surface area contributed by atoms with Crippen molar-refractivity contribution in [3.8, 4) is 0 Å². The van der Waals surface area contributed by atoms with Crippen molar-refractivity contribution in [2.75, 3.05) is 0 Å². The molecule has 0 heteroatoms. The first-order valence-electron chi connectivity index (χ1n) is 20.0. The zero-order valence-electron chi connectivity index (χ0n) is 30.2. The summed E-state index contributed by atoms with van der Waals surface area (Å²) in [6, 6.07) is 0. The van der Waals surface area contributed by atoms with Gasteiger partial charge in [-0.3, -0.25) is 0 Å². The zero-order chi connectivity index (χ0) is 30.2. The van der Waals surface area contributed by atoms with Gasteiger partial charge in [-0.25, -0.2) is 0 Å². The van der Waals surface area contributed by atoms with E-state index in [9.17, 15) is 0 Å². The highest BCUT2D eigenvalue weighted by Crippen LogP contribution is 2.23. The van der Waals surface area contributed by atoms with Gasteiger partial charge in [0.05, 0.1) is 0 Å². The lowest BCUT2D eigenvalue weighted by molar-refractivity contribution is 0.403. The molecule has 0 aliphatic rings. The van der Waals surface area contributed by atoms with E-state index in [-0.39, 0.29) is 0 Å². The van der Waals surface area contributed by atoms with Gasteiger partial charge in [0.1, 0.15) is 0 Å². The normalized spacial score (nSPS) is 14.8. The summed E-state index contributed by atoms with van der Waals surface area (Å²) >= 11 is 0. The molecule has 0 aromatic heterocycles. The third kappa shape index (κ3) is 32.7. The molecule has 4 atom stereocenters. The summed E-state index contributed by atoms with van der Waals surface area (Å²) in [6.07, 6.45) is 45.5. The smallest absolute Gasteiger partial charge is 0.0443 e. The van der Waals surface area contributed by atoms with Gasteiger partial charge >= 0.3 is 0 Å². The maximum atomic E-state index is 2.51. The molecular weight excluding hydrogens is 492 g/mol. The third-order valence-electron chi connectivity index (χ3n) is 10.4. The first-order valence-corrected chi connectivity index (χ1v) is 20.0. The zero-order valence-corrected chi connectivity index (χ0v) is 30.2. The Morgan fingerprint density at radius 2 is 0.439 bits per heavy atom. The van der Waals surface area contributed by atoms with Gasteiger partial charge in [-0.15, -0.1) is 0 Å². The first kappa shape index (κ1) is 41.0. The van der Waals surface area contributed by atoms with Gasteiger partial charge in [0.15, 0.2) is 0 Å². The average Bonchev–Trinajstić information content (AvgIpc) is 2.96. The highest BCUT2D eigenvalue weighted by molar-refractivity contribution is 4.60. The minimum atomic E-state index is 0.938. The van der Waals surface area contributed by atoms with E-state index < -0.39 is 0 Å². The number of hydrogen-bond donors (Lipinski definition) is 0. The molecule has 0 N–H and O–H groups in total. The van der Waals surface area contributed by atoms with Crippen molar-refractivity contribution in [2.24, 2.45) is 23.7 Å². The second kappa shape index (κ2) is 32.9. The van der Waals surface area contributed by atoms with E-state index in [1.54, 1.807) is 0 Å². The predicted octanol–water partition coefficient (Wildman–Crippen LogP) is 15.7. The number of rotatable bonds is 34. The van der Waals surface area contributed by atoms with E-state index in [0.717, 1.165) is 23.7 Å². The summed E-state index contributed by atoms with van der Waals surface area (Å²) in [6.45, 7) is 14.6. The second-order valence-corrected chi connectivity index (χ2v) is 15.1. The molecule has 0 saturated carbocycles. The molecule has 0 rings (SSSR count). The van der Waals surface area contributed by atoms with Crippen LogP contribution in [0, 0.1) is 23.7 Å². The second-order valence-electron chi connectivity index (χ2n) is 15.1. The summed E-state index contributed by atoms with van der Waals surface area (Å²) in [7, 11) is 0. The summed E-state index contributed by atoms with van der Waals surface area (Å²) in [5.41, 5.74) is 0. The van der Waals surface area contributed by atoms with Gasteiger partial charge in [0, 0.05) is 0 Å². The van der Waals surface area contributed by atoms with Crippen LogP contribution in [0.5, 0.6) is 0 Å². The molecule has 0 nitrogen and oxygen atoms in total. The molecule has 0 spiro atoms. The molecule has 248 valence electrons. The molecule has 41 heavy (non-hydrogen) atoms. The Balaban J connectivity index is 3.34. The number of hydrogen-bond acceptors (Lipinski definition) is 0. The minimum absolute atomic E-state index is 0.938. The SMILES string of the molecule is CCCCCCCCCCCCCCC(C)CCCCCC(C)CCCCCCCC(C)CCCCCC(C)CC. The highest BCUT2D eigenvalue weighted by atomic mass is 14.1. The predicted molar refractivity (Wildman–Crippen MR) is 191 cm³/mol. The summed E-state index contributed by atoms with van der Waals surface area (Å²) in [5.74, 6) is 3.80. The lowest BCUT2D eigenvalue weighted by atomic mass is 9.93. The Labute approximate surface area is 263 Å². The van der Waals surface area contributed by atoms with Crippen LogP contribution in [0.25, 0.3) is 0 Å². The van der Waals surface area contributed by atoms with E-state index in [1.165, 1.54) is 199 Å². The maximum Gasteiger partial charge on any atom is -0.0443 e. The lowest BCUT2D eigenvalue weighted by Crippen LogP contribution is -1.98. The topological polar surface area (TPSA) is 0 Å². The molecule has 4 unspecified atom stereocenters. The van der Waals surface area contributed by atoms with E-state index in [1.807, 2.05) is 0 Å². The Bertz CT molecular complexity index is 467. The molecule has 0 saturated heterocycles. The van der Waals surface area contributed by atoms with Gasteiger partial charge in [0.25, 0.3) is 0 Å². The molecule has 0 aromatic carbocycles. The molecule has 0 bridgehead atoms. The average molecular weight is 577 g/mol. The largest absolute Gasteiger partial charge is 0.0654 e. The molecule has 0 radical (unpaired) electrons. The van der Waals surface area contributed by atoms with Crippen LogP contribution in [0.2, 0.25) is 0 Å². The third-order valence-corrected chi connectivity index (χ3v) is 10.4. The lowest BCUT2D eigenvalue weighted by Gasteiger charge is -2.13. The van der Waals surface area contributed by atoms with Crippen molar-refractivity contribution in [1.82, 2.24) is 0 Å². The molecule has 0 aliphatic carbocycles. The quantitative estimate of drug-likeness (QED) is 0.0668. The van der Waals surface area contributed by atoms with Crippen LogP contribution in [0.15, 0.2) is 0 Å². The van der Waals surface area contributed by atoms with E-state index in [4.69, 9.17) is 0 Å². The fourth-order valence-corrected chi connectivity index (χ4v) is 6.81. The van der Waals surface area contributed by atoms with Crippen LogP contribution in [0.1, 0.15) is 241 Å². The van der Waals surface area contributed by atoms with Crippen LogP contribution >= 0.6 is 0 Å². The van der Waals surface area contributed by atoms with Gasteiger partial charge < -0.3 is 0 Å². The van der Waals surface area contributed by atoms with Crippen LogP contribution in [-0.2, 0) is 0 Å². The maximum absolute atomic E-state index is 2.51. The standard InChI is InChI=1S/C41H84/c1-7-9-10-11-12-13-14-15-16-17-19-24-32-39(4)36-29-23-30-37-41(6)34-26-21-18-20-25-33-40(5)35-28-22-27-31-38(3)8-2/h38-41H,7-37H2,1-6H3. The van der Waals surface area contributed by atoms with E-state index in [2.05, 4.69) is 41.5 Å². The van der Waals surface area contributed by atoms with Gasteiger partial charge in [-0.2, -0.15) is 0 Å². The van der Waals surface area contributed by atoms with Crippen molar-refractivity contribution in [2.45, 2.75) is 241 Å². The van der Waals surface area contributed by atoms with Crippen LogP contribution in [0.3, 0.4) is 0 Å². The van der Waals surface area contributed by atoms with Gasteiger partial charge in [-0.1, -0.05) is 241 Å². The fourth-order valence-electron chi connectivity index (χ4n) is 6.81. The first-order chi connectivity index (χ1) is 20.0. The molecule has 0 aromatic rings. The van der Waals surface area contributed by atoms with Gasteiger partial charge in [-0.05, 0) is 23.7 Å². The summed E-state index contributed by atoms with van der Waals surface area (Å²) < 4.78 is 0. The van der Waals surface area contributed by atoms with Crippen LogP contribution in [-0.4, -0.2) is 0 Å². The molecule has 0 amide bonds. The van der Waals surface area contributed by atoms with Crippen LogP contribution < -0.4 is 0 Å². The van der Waals surface area contributed by atoms with Crippen molar-refractivity contribution >= 4 is 0 Å².